The Morgan fingerprint density at radius 3 is 2.86 bits per heavy atom. The van der Waals surface area contributed by atoms with E-state index < -0.39 is 0 Å². The Hall–Kier alpha value is -1.36. The predicted molar refractivity (Wildman–Crippen MR) is 53.6 cm³/mol. The number of hydrogen-bond donors (Lipinski definition) is 1. The summed E-state index contributed by atoms with van der Waals surface area (Å²) in [6, 6.07) is 1.35. The minimum absolute atomic E-state index is 0.183. The summed E-state index contributed by atoms with van der Waals surface area (Å²) in [6.07, 6.45) is 0. The zero-order chi connectivity index (χ0) is 10.6. The van der Waals surface area contributed by atoms with Crippen LogP contribution in [0.2, 0.25) is 0 Å². The van der Waals surface area contributed by atoms with Crippen LogP contribution in [0.3, 0.4) is 0 Å². The normalized spacial score (nSPS) is 10.6. The van der Waals surface area contributed by atoms with E-state index in [1.807, 2.05) is 19.0 Å². The lowest BCUT2D eigenvalue weighted by Gasteiger charge is -2.10. The molecule has 0 atom stereocenters. The van der Waals surface area contributed by atoms with Crippen molar-refractivity contribution in [3.05, 3.63) is 22.2 Å². The van der Waals surface area contributed by atoms with E-state index in [1.165, 1.54) is 6.07 Å². The third-order valence-electron chi connectivity index (χ3n) is 1.63. The maximum atomic E-state index is 11.0. The third-order valence-corrected chi connectivity index (χ3v) is 1.63. The van der Waals surface area contributed by atoms with Crippen molar-refractivity contribution in [3.8, 4) is 5.88 Å². The van der Waals surface area contributed by atoms with Gasteiger partial charge in [-0.05, 0) is 21.0 Å². The molecule has 5 heteroatoms. The van der Waals surface area contributed by atoms with Crippen LogP contribution in [-0.2, 0) is 0 Å². The second-order valence-electron chi connectivity index (χ2n) is 3.32. The van der Waals surface area contributed by atoms with Crippen molar-refractivity contribution in [2.24, 2.45) is 0 Å². The molecule has 1 N–H and O–H groups in total. The molecule has 1 aromatic rings. The van der Waals surface area contributed by atoms with Crippen molar-refractivity contribution < 1.29 is 4.74 Å². The molecule has 0 spiro atoms. The first-order valence-corrected chi connectivity index (χ1v) is 4.43. The molecule has 0 saturated heterocycles. The Bertz CT molecular complexity index is 346. The summed E-state index contributed by atoms with van der Waals surface area (Å²) in [5, 5.41) is 0. The molecule has 78 valence electrons. The molecule has 0 saturated carbocycles. The highest BCUT2D eigenvalue weighted by Crippen LogP contribution is 2.00. The number of rotatable bonds is 4. The van der Waals surface area contributed by atoms with Gasteiger partial charge in [0, 0.05) is 6.54 Å². The summed E-state index contributed by atoms with van der Waals surface area (Å²) in [5.74, 6) is 0.949. The van der Waals surface area contributed by atoms with Gasteiger partial charge in [-0.15, -0.1) is 0 Å². The number of nitrogens with zero attached hydrogens (tertiary/aromatic N) is 2. The van der Waals surface area contributed by atoms with Crippen molar-refractivity contribution >= 4 is 0 Å². The van der Waals surface area contributed by atoms with E-state index in [-0.39, 0.29) is 5.56 Å². The van der Waals surface area contributed by atoms with Gasteiger partial charge in [0.05, 0.1) is 6.07 Å². The molecule has 0 amide bonds. The van der Waals surface area contributed by atoms with Gasteiger partial charge in [0.25, 0.3) is 5.56 Å². The largest absolute Gasteiger partial charge is 0.476 e. The highest BCUT2D eigenvalue weighted by molar-refractivity contribution is 5.07. The fourth-order valence-electron chi connectivity index (χ4n) is 0.959. The van der Waals surface area contributed by atoms with E-state index in [2.05, 4.69) is 9.97 Å². The first-order chi connectivity index (χ1) is 6.58. The summed E-state index contributed by atoms with van der Waals surface area (Å²) in [4.78, 5) is 19.6. The number of H-pyrrole nitrogens is 1. The number of aromatic nitrogens is 2. The van der Waals surface area contributed by atoms with Crippen LogP contribution in [0.15, 0.2) is 10.9 Å². The van der Waals surface area contributed by atoms with Crippen molar-refractivity contribution in [1.29, 1.82) is 0 Å². The number of nitrogens with one attached hydrogen (secondary N) is 1. The fourth-order valence-corrected chi connectivity index (χ4v) is 0.959. The number of aryl methyl sites for hydroxylation is 1. The molecule has 1 rings (SSSR count). The molecule has 0 unspecified atom stereocenters. The van der Waals surface area contributed by atoms with Crippen LogP contribution < -0.4 is 10.3 Å². The quantitative estimate of drug-likeness (QED) is 0.739. The molecular weight excluding hydrogens is 182 g/mol. The molecule has 0 fully saturated rings. The van der Waals surface area contributed by atoms with E-state index in [0.29, 0.717) is 18.3 Å². The van der Waals surface area contributed by atoms with Crippen LogP contribution in [0.4, 0.5) is 0 Å². The van der Waals surface area contributed by atoms with Gasteiger partial charge in [0.15, 0.2) is 0 Å². The fraction of sp³-hybridized carbons (Fsp3) is 0.556. The topological polar surface area (TPSA) is 58.2 Å². The first-order valence-electron chi connectivity index (χ1n) is 4.43. The molecular formula is C9H15N3O2. The molecule has 14 heavy (non-hydrogen) atoms. The van der Waals surface area contributed by atoms with Crippen LogP contribution in [0.25, 0.3) is 0 Å². The molecule has 0 radical (unpaired) electrons. The lowest BCUT2D eigenvalue weighted by atomic mass is 10.5. The molecule has 0 aromatic carbocycles. The van der Waals surface area contributed by atoms with E-state index in [9.17, 15) is 4.79 Å². The summed E-state index contributed by atoms with van der Waals surface area (Å²) in [5.41, 5.74) is -0.183. The van der Waals surface area contributed by atoms with Crippen molar-refractivity contribution in [3.63, 3.8) is 0 Å². The zero-order valence-corrected chi connectivity index (χ0v) is 8.70. The highest BCUT2D eigenvalue weighted by Gasteiger charge is 1.98. The molecule has 0 aliphatic carbocycles. The summed E-state index contributed by atoms with van der Waals surface area (Å²) in [6.45, 7) is 3.05. The minimum Gasteiger partial charge on any atom is -0.476 e. The monoisotopic (exact) mass is 197 g/mol. The Labute approximate surface area is 82.7 Å². The number of hydrogen-bond acceptors (Lipinski definition) is 4. The zero-order valence-electron chi connectivity index (χ0n) is 8.70. The molecule has 5 nitrogen and oxygen atoms in total. The van der Waals surface area contributed by atoms with Gasteiger partial charge in [0.2, 0.25) is 5.88 Å². The first kappa shape index (κ1) is 10.7. The van der Waals surface area contributed by atoms with Crippen LogP contribution >= 0.6 is 0 Å². The average molecular weight is 197 g/mol. The Morgan fingerprint density at radius 1 is 1.57 bits per heavy atom. The standard InChI is InChI=1S/C9H15N3O2/c1-7-10-8(13)6-9(11-7)14-5-4-12(2)3/h6H,4-5H2,1-3H3,(H,10,11,13). The predicted octanol–water partition coefficient (Wildman–Crippen LogP) is 0.0187. The van der Waals surface area contributed by atoms with Gasteiger partial charge in [-0.1, -0.05) is 0 Å². The number of likely N-dealkylation sites (N-methyl/N-ethyl adjacent to an activating group) is 1. The van der Waals surface area contributed by atoms with E-state index in [0.717, 1.165) is 6.54 Å². The molecule has 0 bridgehead atoms. The maximum absolute atomic E-state index is 11.0. The smallest absolute Gasteiger partial charge is 0.254 e. The van der Waals surface area contributed by atoms with Crippen LogP contribution in [0, 0.1) is 6.92 Å². The number of ether oxygens (including phenoxy) is 1. The second kappa shape index (κ2) is 4.76. The van der Waals surface area contributed by atoms with Crippen LogP contribution in [0.1, 0.15) is 5.82 Å². The molecule has 0 aliphatic rings. The Balaban J connectivity index is 2.55. The lowest BCUT2D eigenvalue weighted by Crippen LogP contribution is -2.20. The van der Waals surface area contributed by atoms with Gasteiger partial charge < -0.3 is 14.6 Å². The van der Waals surface area contributed by atoms with Gasteiger partial charge in [-0.25, -0.2) is 4.98 Å². The van der Waals surface area contributed by atoms with Gasteiger partial charge in [-0.3, -0.25) is 4.79 Å². The lowest BCUT2D eigenvalue weighted by molar-refractivity contribution is 0.253. The SMILES string of the molecule is Cc1nc(OCCN(C)C)cc(=O)[nH]1. The summed E-state index contributed by atoms with van der Waals surface area (Å²) >= 11 is 0. The van der Waals surface area contributed by atoms with Crippen molar-refractivity contribution in [2.75, 3.05) is 27.2 Å². The Kier molecular flexibility index (Phi) is 3.64. The Morgan fingerprint density at radius 2 is 2.29 bits per heavy atom. The summed E-state index contributed by atoms with van der Waals surface area (Å²) < 4.78 is 5.31. The number of aromatic amines is 1. The van der Waals surface area contributed by atoms with Gasteiger partial charge in [0.1, 0.15) is 12.4 Å². The van der Waals surface area contributed by atoms with Crippen molar-refractivity contribution in [2.45, 2.75) is 6.92 Å². The van der Waals surface area contributed by atoms with Gasteiger partial charge >= 0.3 is 0 Å². The highest BCUT2D eigenvalue weighted by atomic mass is 16.5. The van der Waals surface area contributed by atoms with Crippen LogP contribution in [0.5, 0.6) is 5.88 Å². The average Bonchev–Trinajstić information content (AvgIpc) is 2.01. The van der Waals surface area contributed by atoms with Gasteiger partial charge in [-0.2, -0.15) is 0 Å². The summed E-state index contributed by atoms with van der Waals surface area (Å²) in [7, 11) is 3.92. The van der Waals surface area contributed by atoms with E-state index >= 15 is 0 Å². The molecule has 0 aliphatic heterocycles. The van der Waals surface area contributed by atoms with E-state index in [4.69, 9.17) is 4.74 Å². The maximum Gasteiger partial charge on any atom is 0.254 e. The van der Waals surface area contributed by atoms with E-state index in [1.54, 1.807) is 6.92 Å². The second-order valence-corrected chi connectivity index (χ2v) is 3.32. The molecule has 1 heterocycles. The van der Waals surface area contributed by atoms with Crippen molar-refractivity contribution in [1.82, 2.24) is 14.9 Å². The minimum atomic E-state index is -0.183. The molecule has 1 aromatic heterocycles. The third kappa shape index (κ3) is 3.57. The van der Waals surface area contributed by atoms with Crippen LogP contribution in [-0.4, -0.2) is 42.1 Å².